The molecule has 176 valence electrons. The molecule has 34 heavy (non-hydrogen) atoms. The van der Waals surface area contributed by atoms with Gasteiger partial charge in [-0.05, 0) is 24.3 Å². The summed E-state index contributed by atoms with van der Waals surface area (Å²) >= 11 is 0. The second-order valence-corrected chi connectivity index (χ2v) is 8.91. The Kier molecular flexibility index (Phi) is 7.14. The van der Waals surface area contributed by atoms with Crippen molar-refractivity contribution in [2.45, 2.75) is 0 Å². The predicted molar refractivity (Wildman–Crippen MR) is 129 cm³/mol. The van der Waals surface area contributed by atoms with Gasteiger partial charge in [0.15, 0.2) is 0 Å². The second-order valence-electron chi connectivity index (χ2n) is 6.83. The van der Waals surface area contributed by atoms with Crippen LogP contribution in [-0.2, 0) is 9.47 Å². The van der Waals surface area contributed by atoms with Gasteiger partial charge in [0.1, 0.15) is 30.4 Å². The zero-order valence-corrected chi connectivity index (χ0v) is 19.9. The molecule has 1 N–H and O–H groups in total. The van der Waals surface area contributed by atoms with Crippen LogP contribution in [0.5, 0.6) is 11.5 Å². The van der Waals surface area contributed by atoms with Gasteiger partial charge in [0.25, 0.3) is 5.56 Å². The third-order valence-corrected chi connectivity index (χ3v) is 6.90. The van der Waals surface area contributed by atoms with E-state index < -0.39 is 17.6 Å². The maximum atomic E-state index is 13.2. The number of aromatic nitrogens is 1. The van der Waals surface area contributed by atoms with E-state index in [-0.39, 0.29) is 18.9 Å². The highest BCUT2D eigenvalue weighted by Gasteiger charge is 2.27. The van der Waals surface area contributed by atoms with Crippen LogP contribution in [0.1, 0.15) is 10.4 Å². The maximum Gasteiger partial charge on any atom is 0.411 e. The van der Waals surface area contributed by atoms with E-state index >= 15 is 0 Å². The summed E-state index contributed by atoms with van der Waals surface area (Å²) in [7, 11) is 5.82. The molecule has 0 aromatic heterocycles. The van der Waals surface area contributed by atoms with E-state index in [0.717, 1.165) is 0 Å². The van der Waals surface area contributed by atoms with Gasteiger partial charge in [-0.15, -0.1) is 0 Å². The first-order valence-electron chi connectivity index (χ1n) is 10.0. The molecule has 2 aliphatic rings. The molecule has 11 heteroatoms. The zero-order chi connectivity index (χ0) is 24.1. The van der Waals surface area contributed by atoms with Crippen LogP contribution in [0.3, 0.4) is 0 Å². The van der Waals surface area contributed by atoms with E-state index in [9.17, 15) is 14.4 Å². The average Bonchev–Trinajstić information content (AvgIpc) is 3.43. The van der Waals surface area contributed by atoms with Crippen molar-refractivity contribution in [2.75, 3.05) is 32.8 Å². The molecule has 2 heterocycles. The summed E-state index contributed by atoms with van der Waals surface area (Å²) in [6, 6.07) is 13.6. The summed E-state index contributed by atoms with van der Waals surface area (Å²) in [5, 5.41) is 4.35. The number of benzene rings is 2. The molecular formula is C23H20N2O7S2. The summed E-state index contributed by atoms with van der Waals surface area (Å²) in [5.74, 6) is 0.511. The Balaban J connectivity index is 1.46. The van der Waals surface area contributed by atoms with Crippen LogP contribution >= 0.6 is 20.7 Å². The Labute approximate surface area is 201 Å². The van der Waals surface area contributed by atoms with Crippen LogP contribution in [0.4, 0.5) is 10.5 Å². The molecule has 0 saturated heterocycles. The van der Waals surface area contributed by atoms with Crippen molar-refractivity contribution in [1.29, 1.82) is 0 Å². The first-order chi connectivity index (χ1) is 16.5. The summed E-state index contributed by atoms with van der Waals surface area (Å²) in [6.45, 7) is -0.284. The highest BCUT2D eigenvalue weighted by Crippen LogP contribution is 2.40. The number of fused-ring (bicyclic) bond motifs is 1. The molecule has 0 atom stereocenters. The molecule has 2 aromatic carbocycles. The molecule has 0 spiro atoms. The molecule has 9 nitrogen and oxygen atoms in total. The molecule has 4 rings (SSSR count). The largest absolute Gasteiger partial charge is 0.497 e. The summed E-state index contributed by atoms with van der Waals surface area (Å²) in [4.78, 5) is 38.1. The van der Waals surface area contributed by atoms with Gasteiger partial charge in [-0.2, -0.15) is 0 Å². The highest BCUT2D eigenvalue weighted by atomic mass is 32.9. The second kappa shape index (κ2) is 10.4. The fraction of sp³-hybridized carbons (Fsp3) is 0.174. The van der Waals surface area contributed by atoms with E-state index in [4.69, 9.17) is 18.9 Å². The van der Waals surface area contributed by atoms with Gasteiger partial charge in [-0.25, -0.2) is 9.59 Å². The molecule has 2 aromatic rings. The Bertz CT molecular complexity index is 1330. The number of ether oxygens (including phenoxy) is 4. The SMILES string of the molecule is COc1ccc(-n2c3cssc-3c(NC(=O)OCCOC(=O)c3ccccc3)c2=O)c(OC)c1. The molecule has 0 radical (unpaired) electrons. The number of carbonyl (C=O) groups excluding carboxylic acids is 2. The quantitative estimate of drug-likeness (QED) is 0.216. The van der Waals surface area contributed by atoms with Crippen molar-refractivity contribution in [3.8, 4) is 27.8 Å². The lowest BCUT2D eigenvalue weighted by Crippen LogP contribution is -2.23. The van der Waals surface area contributed by atoms with Crippen LogP contribution in [0.25, 0.3) is 16.3 Å². The molecule has 0 unspecified atom stereocenters. The molecule has 0 saturated carbocycles. The Morgan fingerprint density at radius 2 is 1.76 bits per heavy atom. The van der Waals surface area contributed by atoms with Crippen molar-refractivity contribution in [3.05, 3.63) is 69.8 Å². The molecule has 0 aliphatic carbocycles. The Morgan fingerprint density at radius 3 is 2.50 bits per heavy atom. The van der Waals surface area contributed by atoms with Crippen LogP contribution in [-0.4, -0.2) is 44.1 Å². The lowest BCUT2D eigenvalue weighted by Gasteiger charge is -2.11. The molecule has 0 fully saturated rings. The van der Waals surface area contributed by atoms with Crippen LogP contribution in [0.15, 0.2) is 58.7 Å². The average molecular weight is 501 g/mol. The van der Waals surface area contributed by atoms with Gasteiger partial charge in [0.05, 0.1) is 36.0 Å². The van der Waals surface area contributed by atoms with Crippen molar-refractivity contribution in [3.63, 3.8) is 0 Å². The Morgan fingerprint density at radius 1 is 1.00 bits per heavy atom. The predicted octanol–water partition coefficient (Wildman–Crippen LogP) is 4.49. The number of methoxy groups -OCH3 is 2. The van der Waals surface area contributed by atoms with Gasteiger partial charge in [-0.1, -0.05) is 38.9 Å². The summed E-state index contributed by atoms with van der Waals surface area (Å²) in [6.07, 6.45) is -0.827. The minimum Gasteiger partial charge on any atom is -0.497 e. The highest BCUT2D eigenvalue weighted by molar-refractivity contribution is 7.70. The van der Waals surface area contributed by atoms with E-state index in [0.29, 0.717) is 33.3 Å². The fourth-order valence-corrected chi connectivity index (χ4v) is 5.44. The number of esters is 1. The molecule has 2 aliphatic heterocycles. The fourth-order valence-electron chi connectivity index (χ4n) is 3.24. The smallest absolute Gasteiger partial charge is 0.411 e. The minimum absolute atomic E-state index is 0.102. The lowest BCUT2D eigenvalue weighted by molar-refractivity contribution is 0.0412. The summed E-state index contributed by atoms with van der Waals surface area (Å²) in [5.41, 5.74) is 1.23. The van der Waals surface area contributed by atoms with Gasteiger partial charge in [-0.3, -0.25) is 14.7 Å². The maximum absolute atomic E-state index is 13.2. The van der Waals surface area contributed by atoms with E-state index in [1.54, 1.807) is 48.5 Å². The Hall–Kier alpha value is -3.83. The summed E-state index contributed by atoms with van der Waals surface area (Å²) < 4.78 is 22.3. The van der Waals surface area contributed by atoms with Crippen molar-refractivity contribution in [2.24, 2.45) is 0 Å². The minimum atomic E-state index is -0.827. The first-order valence-corrected chi connectivity index (χ1v) is 12.3. The van der Waals surface area contributed by atoms with Crippen molar-refractivity contribution in [1.82, 2.24) is 4.57 Å². The van der Waals surface area contributed by atoms with Gasteiger partial charge < -0.3 is 18.9 Å². The van der Waals surface area contributed by atoms with Crippen molar-refractivity contribution >= 4 is 38.4 Å². The topological polar surface area (TPSA) is 105 Å². The molecule has 0 bridgehead atoms. The number of anilines is 1. The van der Waals surface area contributed by atoms with Gasteiger partial charge in [0, 0.05) is 11.4 Å². The number of hydrogen-bond acceptors (Lipinski definition) is 9. The first kappa shape index (κ1) is 23.3. The monoisotopic (exact) mass is 500 g/mol. The molecule has 1 amide bonds. The number of rotatable bonds is 8. The van der Waals surface area contributed by atoms with Crippen LogP contribution in [0, 0.1) is 0 Å². The zero-order valence-electron chi connectivity index (χ0n) is 18.2. The molecular weight excluding hydrogens is 480 g/mol. The standard InChI is InChI=1S/C23H20N2O7S2/c1-29-15-8-9-16(18(12-15)30-2)25-17-13-33-34-20(17)19(21(25)26)24-23(28)32-11-10-31-22(27)14-6-4-3-5-7-14/h3-9,12-13H,10-11H2,1-2H3,(H,24,28). The normalized spacial score (nSPS) is 10.6. The van der Waals surface area contributed by atoms with Crippen molar-refractivity contribution < 1.29 is 28.5 Å². The van der Waals surface area contributed by atoms with Gasteiger partial charge in [0.2, 0.25) is 0 Å². The lowest BCUT2D eigenvalue weighted by atomic mass is 10.2. The third kappa shape index (κ3) is 4.75. The number of nitrogens with one attached hydrogen (secondary N) is 1. The number of hydrogen-bond donors (Lipinski definition) is 1. The number of carbonyl (C=O) groups is 2. The van der Waals surface area contributed by atoms with E-state index in [1.165, 1.54) is 39.5 Å². The van der Waals surface area contributed by atoms with Crippen LogP contribution < -0.4 is 20.3 Å². The number of nitrogens with zero attached hydrogens (tertiary/aromatic N) is 1. The van der Waals surface area contributed by atoms with E-state index in [1.807, 2.05) is 5.38 Å². The van der Waals surface area contributed by atoms with Gasteiger partial charge >= 0.3 is 12.1 Å². The van der Waals surface area contributed by atoms with Crippen LogP contribution in [0.2, 0.25) is 0 Å². The van der Waals surface area contributed by atoms with E-state index in [2.05, 4.69) is 5.32 Å². The third-order valence-electron chi connectivity index (χ3n) is 4.82. The number of amides is 1.